The van der Waals surface area contributed by atoms with Crippen molar-refractivity contribution in [2.45, 2.75) is 46.0 Å². The number of rotatable bonds is 7. The molecule has 0 bridgehead atoms. The maximum absolute atomic E-state index is 9.03. The first-order valence-corrected chi connectivity index (χ1v) is 6.73. The standard InChI is InChI=1S/C14H24N2/c1-14(2,11-15)7-8-16(9-12-3-4-12)10-13-5-6-13/h12-13H,3-10H2,1-2H3. The fourth-order valence-electron chi connectivity index (χ4n) is 2.08. The normalized spacial score (nSPS) is 21.1. The van der Waals surface area contributed by atoms with Crippen molar-refractivity contribution in [3.8, 4) is 6.07 Å². The molecular formula is C14H24N2. The summed E-state index contributed by atoms with van der Waals surface area (Å²) in [6.45, 7) is 7.81. The zero-order valence-electron chi connectivity index (χ0n) is 10.7. The minimum Gasteiger partial charge on any atom is -0.303 e. The van der Waals surface area contributed by atoms with E-state index in [1.807, 2.05) is 0 Å². The van der Waals surface area contributed by atoms with E-state index in [4.69, 9.17) is 5.26 Å². The minimum atomic E-state index is -0.147. The van der Waals surface area contributed by atoms with Crippen molar-refractivity contribution in [2.75, 3.05) is 19.6 Å². The van der Waals surface area contributed by atoms with Crippen LogP contribution in [0.2, 0.25) is 0 Å². The molecule has 16 heavy (non-hydrogen) atoms. The van der Waals surface area contributed by atoms with E-state index in [2.05, 4.69) is 24.8 Å². The summed E-state index contributed by atoms with van der Waals surface area (Å²) in [5, 5.41) is 9.03. The third-order valence-corrected chi connectivity index (χ3v) is 3.78. The van der Waals surface area contributed by atoms with Crippen LogP contribution in [-0.2, 0) is 0 Å². The van der Waals surface area contributed by atoms with E-state index < -0.39 is 0 Å². The molecule has 2 aliphatic rings. The van der Waals surface area contributed by atoms with Crippen molar-refractivity contribution in [3.05, 3.63) is 0 Å². The highest BCUT2D eigenvalue weighted by Crippen LogP contribution is 2.34. The maximum Gasteiger partial charge on any atom is 0.0684 e. The summed E-state index contributed by atoms with van der Waals surface area (Å²) < 4.78 is 0. The number of nitriles is 1. The monoisotopic (exact) mass is 220 g/mol. The smallest absolute Gasteiger partial charge is 0.0684 e. The van der Waals surface area contributed by atoms with E-state index in [1.54, 1.807) is 0 Å². The quantitative estimate of drug-likeness (QED) is 0.659. The summed E-state index contributed by atoms with van der Waals surface area (Å²) in [6, 6.07) is 2.41. The van der Waals surface area contributed by atoms with Gasteiger partial charge in [-0.3, -0.25) is 0 Å². The lowest BCUT2D eigenvalue weighted by molar-refractivity contribution is 0.225. The summed E-state index contributed by atoms with van der Waals surface area (Å²) in [6.07, 6.45) is 6.75. The Balaban J connectivity index is 1.74. The molecule has 2 heteroatoms. The molecule has 0 aliphatic heterocycles. The van der Waals surface area contributed by atoms with Gasteiger partial charge in [0.05, 0.1) is 11.5 Å². The van der Waals surface area contributed by atoms with Crippen LogP contribution in [0.5, 0.6) is 0 Å². The third kappa shape index (κ3) is 4.14. The van der Waals surface area contributed by atoms with E-state index in [9.17, 15) is 0 Å². The van der Waals surface area contributed by atoms with Crippen LogP contribution in [0.4, 0.5) is 0 Å². The van der Waals surface area contributed by atoms with E-state index >= 15 is 0 Å². The Bertz CT molecular complexity index is 255. The Labute approximate surface area is 99.6 Å². The molecule has 0 aromatic carbocycles. The molecule has 0 aromatic heterocycles. The van der Waals surface area contributed by atoms with Crippen LogP contribution in [-0.4, -0.2) is 24.5 Å². The van der Waals surface area contributed by atoms with E-state index in [0.717, 1.165) is 24.8 Å². The molecule has 0 amide bonds. The van der Waals surface area contributed by atoms with Crippen LogP contribution < -0.4 is 0 Å². The first kappa shape index (κ1) is 11.9. The molecule has 2 fully saturated rings. The average Bonchev–Trinajstić information content (AvgIpc) is 3.09. The lowest BCUT2D eigenvalue weighted by Gasteiger charge is -2.25. The van der Waals surface area contributed by atoms with Gasteiger partial charge in [-0.25, -0.2) is 0 Å². The van der Waals surface area contributed by atoms with E-state index in [-0.39, 0.29) is 5.41 Å². The summed E-state index contributed by atoms with van der Waals surface area (Å²) in [5.74, 6) is 1.95. The molecule has 0 radical (unpaired) electrons. The fourth-order valence-corrected chi connectivity index (χ4v) is 2.08. The van der Waals surface area contributed by atoms with Crippen LogP contribution in [0.3, 0.4) is 0 Å². The van der Waals surface area contributed by atoms with Gasteiger partial charge in [-0.1, -0.05) is 0 Å². The Hall–Kier alpha value is -0.550. The second-order valence-corrected chi connectivity index (χ2v) is 6.39. The van der Waals surface area contributed by atoms with Crippen molar-refractivity contribution in [2.24, 2.45) is 17.3 Å². The summed E-state index contributed by atoms with van der Waals surface area (Å²) in [7, 11) is 0. The van der Waals surface area contributed by atoms with Crippen LogP contribution in [0.15, 0.2) is 0 Å². The maximum atomic E-state index is 9.03. The van der Waals surface area contributed by atoms with Gasteiger partial charge >= 0.3 is 0 Å². The topological polar surface area (TPSA) is 27.0 Å². The predicted molar refractivity (Wildman–Crippen MR) is 65.9 cm³/mol. The summed E-state index contributed by atoms with van der Waals surface area (Å²) >= 11 is 0. The zero-order chi connectivity index (χ0) is 11.6. The van der Waals surface area contributed by atoms with Crippen molar-refractivity contribution in [1.29, 1.82) is 5.26 Å². The Morgan fingerprint density at radius 3 is 2.00 bits per heavy atom. The zero-order valence-corrected chi connectivity index (χ0v) is 10.7. The van der Waals surface area contributed by atoms with Crippen LogP contribution in [0.1, 0.15) is 46.0 Å². The highest BCUT2D eigenvalue weighted by atomic mass is 15.1. The van der Waals surface area contributed by atoms with Gasteiger partial charge < -0.3 is 4.90 Å². The minimum absolute atomic E-state index is 0.147. The van der Waals surface area contributed by atoms with Crippen LogP contribution >= 0.6 is 0 Å². The summed E-state index contributed by atoms with van der Waals surface area (Å²) in [4.78, 5) is 2.62. The fraction of sp³-hybridized carbons (Fsp3) is 0.929. The first-order valence-electron chi connectivity index (χ1n) is 6.73. The first-order chi connectivity index (χ1) is 7.59. The molecule has 0 spiro atoms. The molecule has 0 atom stereocenters. The molecule has 0 aromatic rings. The van der Waals surface area contributed by atoms with Crippen LogP contribution in [0.25, 0.3) is 0 Å². The third-order valence-electron chi connectivity index (χ3n) is 3.78. The lowest BCUT2D eigenvalue weighted by Crippen LogP contribution is -2.31. The molecule has 0 heterocycles. The van der Waals surface area contributed by atoms with Gasteiger partial charge in [0.15, 0.2) is 0 Å². The highest BCUT2D eigenvalue weighted by Gasteiger charge is 2.30. The van der Waals surface area contributed by atoms with Crippen molar-refractivity contribution < 1.29 is 0 Å². The molecule has 0 N–H and O–H groups in total. The second-order valence-electron chi connectivity index (χ2n) is 6.39. The molecule has 0 saturated heterocycles. The highest BCUT2D eigenvalue weighted by molar-refractivity contribution is 4.92. The molecular weight excluding hydrogens is 196 g/mol. The molecule has 2 rings (SSSR count). The van der Waals surface area contributed by atoms with Crippen LogP contribution in [0, 0.1) is 28.6 Å². The van der Waals surface area contributed by atoms with Gasteiger partial charge in [0.2, 0.25) is 0 Å². The molecule has 2 nitrogen and oxygen atoms in total. The van der Waals surface area contributed by atoms with Crippen molar-refractivity contribution >= 4 is 0 Å². The van der Waals surface area contributed by atoms with Gasteiger partial charge in [-0.15, -0.1) is 0 Å². The van der Waals surface area contributed by atoms with Crippen molar-refractivity contribution in [1.82, 2.24) is 4.90 Å². The van der Waals surface area contributed by atoms with Gasteiger partial charge in [0, 0.05) is 13.1 Å². The average molecular weight is 220 g/mol. The summed E-state index contributed by atoms with van der Waals surface area (Å²) in [5.41, 5.74) is -0.147. The molecule has 90 valence electrons. The Kier molecular flexibility index (Phi) is 3.54. The van der Waals surface area contributed by atoms with Gasteiger partial charge in [0.25, 0.3) is 0 Å². The largest absolute Gasteiger partial charge is 0.303 e. The van der Waals surface area contributed by atoms with Crippen molar-refractivity contribution in [3.63, 3.8) is 0 Å². The molecule has 0 unspecified atom stereocenters. The molecule has 2 aliphatic carbocycles. The van der Waals surface area contributed by atoms with E-state index in [0.29, 0.717) is 0 Å². The SMILES string of the molecule is CC(C)(C#N)CCN(CC1CC1)CC1CC1. The predicted octanol–water partition coefficient (Wildman–Crippen LogP) is 3.05. The van der Waals surface area contributed by atoms with Gasteiger partial charge in [-0.2, -0.15) is 5.26 Å². The number of hydrogen-bond donors (Lipinski definition) is 0. The number of hydrogen-bond acceptors (Lipinski definition) is 2. The second kappa shape index (κ2) is 4.75. The lowest BCUT2D eigenvalue weighted by atomic mass is 9.91. The van der Waals surface area contributed by atoms with Gasteiger partial charge in [-0.05, 0) is 64.3 Å². The molecule has 2 saturated carbocycles. The number of nitrogens with zero attached hydrogens (tertiary/aromatic N) is 2. The van der Waals surface area contributed by atoms with E-state index in [1.165, 1.54) is 38.8 Å². The Morgan fingerprint density at radius 1 is 1.12 bits per heavy atom. The Morgan fingerprint density at radius 2 is 1.62 bits per heavy atom. The van der Waals surface area contributed by atoms with Gasteiger partial charge in [0.1, 0.15) is 0 Å².